The van der Waals surface area contributed by atoms with Crippen molar-refractivity contribution in [3.63, 3.8) is 0 Å². The number of thiophene rings is 1. The molecule has 1 aromatic carbocycles. The summed E-state index contributed by atoms with van der Waals surface area (Å²) in [6.07, 6.45) is 0. The Morgan fingerprint density at radius 3 is 2.85 bits per heavy atom. The highest BCUT2D eigenvalue weighted by atomic mass is 32.1. The van der Waals surface area contributed by atoms with E-state index >= 15 is 0 Å². The Bertz CT molecular complexity index is 738. The van der Waals surface area contributed by atoms with Crippen LogP contribution in [0.5, 0.6) is 5.75 Å². The standard InChI is InChI=1S/C14H11FN2O2S/c1-18-10-5-4-8(7-9(10)15)13-12(14(16)19-17-13)11-3-2-6-20-11/h2-7H,16H2,1H3. The number of aromatic nitrogens is 1. The average molecular weight is 290 g/mol. The Morgan fingerprint density at radius 2 is 2.20 bits per heavy atom. The first-order valence-electron chi connectivity index (χ1n) is 5.83. The lowest BCUT2D eigenvalue weighted by molar-refractivity contribution is 0.386. The maximum Gasteiger partial charge on any atom is 0.231 e. The number of ether oxygens (including phenoxy) is 1. The number of hydrogen-bond donors (Lipinski definition) is 1. The predicted molar refractivity (Wildman–Crippen MR) is 76.2 cm³/mol. The van der Waals surface area contributed by atoms with Crippen LogP contribution in [0.1, 0.15) is 0 Å². The second-order valence-electron chi connectivity index (χ2n) is 4.10. The summed E-state index contributed by atoms with van der Waals surface area (Å²) in [6.45, 7) is 0. The second kappa shape index (κ2) is 4.97. The summed E-state index contributed by atoms with van der Waals surface area (Å²) < 4.78 is 23.8. The molecule has 0 aliphatic carbocycles. The van der Waals surface area contributed by atoms with Gasteiger partial charge in [0.25, 0.3) is 0 Å². The monoisotopic (exact) mass is 290 g/mol. The molecule has 0 aliphatic rings. The van der Waals surface area contributed by atoms with E-state index in [9.17, 15) is 4.39 Å². The molecule has 6 heteroatoms. The molecule has 0 bridgehead atoms. The maximum absolute atomic E-state index is 13.8. The number of nitrogens with zero attached hydrogens (tertiary/aromatic N) is 1. The molecule has 2 aromatic heterocycles. The molecule has 0 amide bonds. The van der Waals surface area contributed by atoms with Crippen LogP contribution < -0.4 is 10.5 Å². The molecule has 3 rings (SSSR count). The van der Waals surface area contributed by atoms with E-state index in [-0.39, 0.29) is 11.6 Å². The smallest absolute Gasteiger partial charge is 0.231 e. The summed E-state index contributed by atoms with van der Waals surface area (Å²) in [5, 5.41) is 5.87. The number of hydrogen-bond acceptors (Lipinski definition) is 5. The number of nitrogens with two attached hydrogens (primary N) is 1. The topological polar surface area (TPSA) is 61.3 Å². The van der Waals surface area contributed by atoms with Gasteiger partial charge in [-0.3, -0.25) is 0 Å². The molecule has 2 heterocycles. The van der Waals surface area contributed by atoms with Gasteiger partial charge < -0.3 is 15.0 Å². The van der Waals surface area contributed by atoms with E-state index in [1.807, 2.05) is 17.5 Å². The van der Waals surface area contributed by atoms with Crippen molar-refractivity contribution >= 4 is 17.2 Å². The highest BCUT2D eigenvalue weighted by Gasteiger charge is 2.19. The third-order valence-electron chi connectivity index (χ3n) is 2.91. The predicted octanol–water partition coefficient (Wildman–Crippen LogP) is 3.80. The molecule has 0 saturated heterocycles. The lowest BCUT2D eigenvalue weighted by atomic mass is 10.1. The van der Waals surface area contributed by atoms with Gasteiger partial charge in [0, 0.05) is 10.4 Å². The minimum atomic E-state index is -0.455. The van der Waals surface area contributed by atoms with Crippen molar-refractivity contribution in [2.24, 2.45) is 0 Å². The summed E-state index contributed by atoms with van der Waals surface area (Å²) in [6, 6.07) is 8.44. The van der Waals surface area contributed by atoms with E-state index < -0.39 is 5.82 Å². The van der Waals surface area contributed by atoms with Crippen molar-refractivity contribution in [3.8, 4) is 27.4 Å². The van der Waals surface area contributed by atoms with E-state index in [2.05, 4.69) is 5.16 Å². The zero-order valence-electron chi connectivity index (χ0n) is 10.6. The van der Waals surface area contributed by atoms with Crippen LogP contribution in [-0.4, -0.2) is 12.3 Å². The Morgan fingerprint density at radius 1 is 1.35 bits per heavy atom. The summed E-state index contributed by atoms with van der Waals surface area (Å²) in [5.74, 6) is -0.0507. The molecule has 2 N–H and O–H groups in total. The number of halogens is 1. The van der Waals surface area contributed by atoms with Crippen LogP contribution in [0.4, 0.5) is 10.3 Å². The van der Waals surface area contributed by atoms with Crippen molar-refractivity contribution in [1.29, 1.82) is 0 Å². The molecule has 102 valence electrons. The Labute approximate surface area is 118 Å². The average Bonchev–Trinajstić information content (AvgIpc) is 3.07. The summed E-state index contributed by atoms with van der Waals surface area (Å²) >= 11 is 1.52. The van der Waals surface area contributed by atoms with E-state index in [4.69, 9.17) is 15.0 Å². The van der Waals surface area contributed by atoms with E-state index in [0.717, 1.165) is 4.88 Å². The first kappa shape index (κ1) is 12.7. The number of nitrogen functional groups attached to an aromatic ring is 1. The van der Waals surface area contributed by atoms with Crippen molar-refractivity contribution in [2.45, 2.75) is 0 Å². The third-order valence-corrected chi connectivity index (χ3v) is 3.80. The molecule has 0 unspecified atom stereocenters. The van der Waals surface area contributed by atoms with Crippen LogP contribution >= 0.6 is 11.3 Å². The number of rotatable bonds is 3. The SMILES string of the molecule is COc1ccc(-c2noc(N)c2-c2cccs2)cc1F. The molecular weight excluding hydrogens is 279 g/mol. The largest absolute Gasteiger partial charge is 0.494 e. The van der Waals surface area contributed by atoms with Gasteiger partial charge in [-0.2, -0.15) is 0 Å². The molecule has 0 saturated carbocycles. The van der Waals surface area contributed by atoms with Crippen molar-refractivity contribution < 1.29 is 13.7 Å². The zero-order valence-corrected chi connectivity index (χ0v) is 11.4. The number of methoxy groups -OCH3 is 1. The molecule has 0 spiro atoms. The fourth-order valence-electron chi connectivity index (χ4n) is 1.97. The normalized spacial score (nSPS) is 10.7. The van der Waals surface area contributed by atoms with Gasteiger partial charge in [0.2, 0.25) is 5.88 Å². The Kier molecular flexibility index (Phi) is 3.15. The van der Waals surface area contributed by atoms with Gasteiger partial charge in [-0.1, -0.05) is 11.2 Å². The molecular formula is C14H11FN2O2S. The molecule has 4 nitrogen and oxygen atoms in total. The quantitative estimate of drug-likeness (QED) is 0.797. The molecule has 0 radical (unpaired) electrons. The minimum absolute atomic E-state index is 0.183. The molecule has 0 atom stereocenters. The Hall–Kier alpha value is -2.34. The van der Waals surface area contributed by atoms with Crippen molar-refractivity contribution in [2.75, 3.05) is 12.8 Å². The van der Waals surface area contributed by atoms with Gasteiger partial charge in [0.1, 0.15) is 5.69 Å². The third kappa shape index (κ3) is 2.04. The van der Waals surface area contributed by atoms with Crippen molar-refractivity contribution in [1.82, 2.24) is 5.16 Å². The van der Waals surface area contributed by atoms with E-state index in [1.54, 1.807) is 12.1 Å². The van der Waals surface area contributed by atoms with E-state index in [0.29, 0.717) is 16.8 Å². The number of anilines is 1. The van der Waals surface area contributed by atoms with Crippen LogP contribution in [0, 0.1) is 5.82 Å². The summed E-state index contributed by atoms with van der Waals surface area (Å²) in [5.41, 5.74) is 7.62. The molecule has 20 heavy (non-hydrogen) atoms. The molecule has 0 aliphatic heterocycles. The van der Waals surface area contributed by atoms with Gasteiger partial charge in [0.15, 0.2) is 11.6 Å². The van der Waals surface area contributed by atoms with Crippen LogP contribution in [0.25, 0.3) is 21.7 Å². The number of benzene rings is 1. The van der Waals surface area contributed by atoms with Crippen LogP contribution in [-0.2, 0) is 0 Å². The lowest BCUT2D eigenvalue weighted by Crippen LogP contribution is -1.90. The molecule has 0 fully saturated rings. The highest BCUT2D eigenvalue weighted by molar-refractivity contribution is 7.13. The lowest BCUT2D eigenvalue weighted by Gasteiger charge is -2.04. The van der Waals surface area contributed by atoms with Gasteiger partial charge in [-0.25, -0.2) is 4.39 Å². The van der Waals surface area contributed by atoms with Gasteiger partial charge >= 0.3 is 0 Å². The summed E-state index contributed by atoms with van der Waals surface area (Å²) in [4.78, 5) is 0.926. The fraction of sp³-hybridized carbons (Fsp3) is 0.0714. The minimum Gasteiger partial charge on any atom is -0.494 e. The first-order chi connectivity index (χ1) is 9.70. The molecule has 3 aromatic rings. The second-order valence-corrected chi connectivity index (χ2v) is 5.04. The van der Waals surface area contributed by atoms with Crippen LogP contribution in [0.2, 0.25) is 0 Å². The van der Waals surface area contributed by atoms with Gasteiger partial charge in [-0.15, -0.1) is 11.3 Å². The summed E-state index contributed by atoms with van der Waals surface area (Å²) in [7, 11) is 1.42. The van der Waals surface area contributed by atoms with Crippen LogP contribution in [0.15, 0.2) is 40.2 Å². The first-order valence-corrected chi connectivity index (χ1v) is 6.71. The van der Waals surface area contributed by atoms with E-state index in [1.165, 1.54) is 24.5 Å². The van der Waals surface area contributed by atoms with Crippen LogP contribution in [0.3, 0.4) is 0 Å². The van der Waals surface area contributed by atoms with Crippen molar-refractivity contribution in [3.05, 3.63) is 41.5 Å². The van der Waals surface area contributed by atoms with Gasteiger partial charge in [-0.05, 0) is 29.6 Å². The Balaban J connectivity index is 2.14. The van der Waals surface area contributed by atoms with Gasteiger partial charge in [0.05, 0.1) is 12.7 Å². The zero-order chi connectivity index (χ0) is 14.1. The fourth-order valence-corrected chi connectivity index (χ4v) is 2.75. The maximum atomic E-state index is 13.8. The highest BCUT2D eigenvalue weighted by Crippen LogP contribution is 2.39.